The Morgan fingerprint density at radius 1 is 0.932 bits per heavy atom. The van der Waals surface area contributed by atoms with Crippen LogP contribution in [0.4, 0.5) is 11.5 Å². The molecule has 11 heteroatoms. The Kier molecular flexibility index (Phi) is 7.86. The van der Waals surface area contributed by atoms with Crippen LogP contribution in [0.3, 0.4) is 0 Å². The second-order valence-electron chi connectivity index (χ2n) is 10.3. The minimum Gasteiger partial charge on any atom is -0.497 e. The molecule has 1 amide bonds. The summed E-state index contributed by atoms with van der Waals surface area (Å²) in [7, 11) is 4.72. The van der Waals surface area contributed by atoms with Crippen LogP contribution in [0.2, 0.25) is 0 Å². The standard InChI is InChI=1S/C33H31N5O6/c1-36-20-27(35-30(33(36)41)34-22-9-7-21(8-10-22)31(39)37-15-17-44-18-16-37)24-5-4-6-28-25(24)13-14-38(28)32(40)26-12-11-23(42-2)19-29(26)43-3/h4-14,19-20H,15-18H2,1-3H3,(H,34,35). The normalized spacial score (nSPS) is 13.1. The van der Waals surface area contributed by atoms with Crippen LogP contribution in [-0.4, -0.2) is 71.4 Å². The number of nitrogens with zero attached hydrogens (tertiary/aromatic N) is 4. The Morgan fingerprint density at radius 2 is 1.70 bits per heavy atom. The summed E-state index contributed by atoms with van der Waals surface area (Å²) < 4.78 is 19.1. The quantitative estimate of drug-likeness (QED) is 0.297. The molecule has 1 aliphatic heterocycles. The van der Waals surface area contributed by atoms with Crippen molar-refractivity contribution >= 4 is 34.2 Å². The molecular weight excluding hydrogens is 562 g/mol. The van der Waals surface area contributed by atoms with Gasteiger partial charge in [-0.15, -0.1) is 0 Å². The van der Waals surface area contributed by atoms with E-state index >= 15 is 0 Å². The van der Waals surface area contributed by atoms with Gasteiger partial charge in [-0.2, -0.15) is 0 Å². The number of amides is 1. The van der Waals surface area contributed by atoms with Crippen LogP contribution >= 0.6 is 0 Å². The number of benzene rings is 3. The molecule has 1 aliphatic rings. The van der Waals surface area contributed by atoms with E-state index in [1.165, 1.54) is 11.7 Å². The smallest absolute Gasteiger partial charge is 0.293 e. The molecule has 0 spiro atoms. The van der Waals surface area contributed by atoms with Gasteiger partial charge in [0, 0.05) is 60.8 Å². The summed E-state index contributed by atoms with van der Waals surface area (Å²) in [5.74, 6) is 0.803. The molecule has 3 heterocycles. The molecule has 0 bridgehead atoms. The number of hydrogen-bond donors (Lipinski definition) is 1. The maximum atomic E-state index is 13.6. The lowest BCUT2D eigenvalue weighted by Crippen LogP contribution is -2.40. The highest BCUT2D eigenvalue weighted by Crippen LogP contribution is 2.31. The van der Waals surface area contributed by atoms with E-state index in [1.54, 1.807) is 78.5 Å². The van der Waals surface area contributed by atoms with Crippen LogP contribution in [0, 0.1) is 0 Å². The molecule has 1 saturated heterocycles. The number of carbonyl (C=O) groups excluding carboxylic acids is 2. The predicted octanol–water partition coefficient (Wildman–Crippen LogP) is 4.32. The highest BCUT2D eigenvalue weighted by Gasteiger charge is 2.20. The summed E-state index contributed by atoms with van der Waals surface area (Å²) in [5.41, 5.74) is 3.23. The number of rotatable bonds is 7. The average Bonchev–Trinajstić information content (AvgIpc) is 3.51. The number of fused-ring (bicyclic) bond motifs is 1. The highest BCUT2D eigenvalue weighted by atomic mass is 16.5. The molecule has 0 aliphatic carbocycles. The average molecular weight is 594 g/mol. The zero-order chi connectivity index (χ0) is 30.8. The van der Waals surface area contributed by atoms with E-state index in [2.05, 4.69) is 10.3 Å². The van der Waals surface area contributed by atoms with Gasteiger partial charge in [0.1, 0.15) is 11.5 Å². The molecule has 224 valence electrons. The van der Waals surface area contributed by atoms with Crippen LogP contribution in [0.15, 0.2) is 83.9 Å². The zero-order valence-electron chi connectivity index (χ0n) is 24.6. The molecule has 0 radical (unpaired) electrons. The van der Waals surface area contributed by atoms with Crippen molar-refractivity contribution in [3.63, 3.8) is 0 Å². The largest absolute Gasteiger partial charge is 0.497 e. The summed E-state index contributed by atoms with van der Waals surface area (Å²) >= 11 is 0. The lowest BCUT2D eigenvalue weighted by molar-refractivity contribution is 0.0303. The maximum Gasteiger partial charge on any atom is 0.293 e. The van der Waals surface area contributed by atoms with Crippen LogP contribution in [-0.2, 0) is 11.8 Å². The van der Waals surface area contributed by atoms with Gasteiger partial charge in [-0.1, -0.05) is 12.1 Å². The fraction of sp³-hybridized carbons (Fsp3) is 0.212. The van der Waals surface area contributed by atoms with Gasteiger partial charge in [0.15, 0.2) is 5.82 Å². The fourth-order valence-corrected chi connectivity index (χ4v) is 5.27. The van der Waals surface area contributed by atoms with Crippen molar-refractivity contribution in [1.82, 2.24) is 19.0 Å². The molecule has 6 rings (SSSR count). The van der Waals surface area contributed by atoms with Gasteiger partial charge in [-0.25, -0.2) is 4.98 Å². The predicted molar refractivity (Wildman–Crippen MR) is 166 cm³/mol. The first-order valence-corrected chi connectivity index (χ1v) is 14.1. The van der Waals surface area contributed by atoms with E-state index in [0.717, 1.165) is 10.9 Å². The molecule has 1 N–H and O–H groups in total. The molecule has 2 aromatic heterocycles. The molecular formula is C33H31N5O6. The topological polar surface area (TPSA) is 117 Å². The van der Waals surface area contributed by atoms with Crippen molar-refractivity contribution in [3.05, 3.63) is 101 Å². The van der Waals surface area contributed by atoms with E-state index in [-0.39, 0.29) is 23.2 Å². The third-order valence-electron chi connectivity index (χ3n) is 7.63. The van der Waals surface area contributed by atoms with Gasteiger partial charge >= 0.3 is 0 Å². The van der Waals surface area contributed by atoms with Crippen molar-refractivity contribution in [2.24, 2.45) is 7.05 Å². The summed E-state index contributed by atoms with van der Waals surface area (Å²) in [6.45, 7) is 2.18. The van der Waals surface area contributed by atoms with Crippen molar-refractivity contribution in [3.8, 4) is 22.8 Å². The Hall–Kier alpha value is -5.42. The van der Waals surface area contributed by atoms with E-state index in [0.29, 0.717) is 65.8 Å². The lowest BCUT2D eigenvalue weighted by Gasteiger charge is -2.26. The summed E-state index contributed by atoms with van der Waals surface area (Å²) in [4.78, 5) is 45.9. The van der Waals surface area contributed by atoms with Gasteiger partial charge in [0.2, 0.25) is 0 Å². The molecule has 0 atom stereocenters. The summed E-state index contributed by atoms with van der Waals surface area (Å²) in [6.07, 6.45) is 3.37. The van der Waals surface area contributed by atoms with Crippen molar-refractivity contribution in [2.45, 2.75) is 0 Å². The third-order valence-corrected chi connectivity index (χ3v) is 7.63. The Balaban J connectivity index is 1.30. The molecule has 3 aromatic carbocycles. The monoisotopic (exact) mass is 593 g/mol. The number of anilines is 2. The summed E-state index contributed by atoms with van der Waals surface area (Å²) in [5, 5.41) is 3.90. The van der Waals surface area contributed by atoms with E-state index in [1.807, 2.05) is 24.3 Å². The maximum absolute atomic E-state index is 13.6. The molecule has 1 fully saturated rings. The highest BCUT2D eigenvalue weighted by molar-refractivity contribution is 6.06. The number of hydrogen-bond acceptors (Lipinski definition) is 8. The second-order valence-corrected chi connectivity index (χ2v) is 10.3. The van der Waals surface area contributed by atoms with Gasteiger partial charge in [0.05, 0.1) is 44.2 Å². The summed E-state index contributed by atoms with van der Waals surface area (Å²) in [6, 6.07) is 19.5. The van der Waals surface area contributed by atoms with Crippen molar-refractivity contribution in [1.29, 1.82) is 0 Å². The van der Waals surface area contributed by atoms with E-state index in [4.69, 9.17) is 14.2 Å². The SMILES string of the molecule is COc1ccc(C(=O)n2ccc3c(-c4cn(C)c(=O)c(Nc5ccc(C(=O)N6CCOCC6)cc5)n4)cccc32)c(OC)c1. The van der Waals surface area contributed by atoms with Gasteiger partial charge in [0.25, 0.3) is 17.4 Å². The molecule has 11 nitrogen and oxygen atoms in total. The van der Waals surface area contributed by atoms with Crippen LogP contribution in [0.5, 0.6) is 11.5 Å². The molecule has 5 aromatic rings. The molecule has 0 saturated carbocycles. The van der Waals surface area contributed by atoms with Crippen LogP contribution < -0.4 is 20.3 Å². The first-order valence-electron chi connectivity index (χ1n) is 14.1. The number of aryl methyl sites for hydroxylation is 1. The number of aromatic nitrogens is 3. The van der Waals surface area contributed by atoms with Crippen molar-refractivity contribution in [2.75, 3.05) is 45.8 Å². The van der Waals surface area contributed by atoms with Gasteiger partial charge in [-0.3, -0.25) is 19.0 Å². The minimum absolute atomic E-state index is 0.0557. The lowest BCUT2D eigenvalue weighted by atomic mass is 10.1. The number of carbonyl (C=O) groups is 2. The van der Waals surface area contributed by atoms with Gasteiger partial charge < -0.3 is 29.0 Å². The molecule has 0 unspecified atom stereocenters. The van der Waals surface area contributed by atoms with Crippen LogP contribution in [0.1, 0.15) is 20.7 Å². The van der Waals surface area contributed by atoms with E-state index < -0.39 is 0 Å². The van der Waals surface area contributed by atoms with Gasteiger partial charge in [-0.05, 0) is 48.5 Å². The number of ether oxygens (including phenoxy) is 3. The Bertz CT molecular complexity index is 1920. The fourth-order valence-electron chi connectivity index (χ4n) is 5.27. The first-order chi connectivity index (χ1) is 21.4. The number of nitrogens with one attached hydrogen (secondary N) is 1. The van der Waals surface area contributed by atoms with Crippen LogP contribution in [0.25, 0.3) is 22.2 Å². The number of methoxy groups -OCH3 is 2. The second kappa shape index (κ2) is 12.1. The molecule has 44 heavy (non-hydrogen) atoms. The van der Waals surface area contributed by atoms with E-state index in [9.17, 15) is 14.4 Å². The minimum atomic E-state index is -0.311. The zero-order valence-corrected chi connectivity index (χ0v) is 24.6. The Morgan fingerprint density at radius 3 is 2.43 bits per heavy atom. The number of morpholine rings is 1. The van der Waals surface area contributed by atoms with Crippen molar-refractivity contribution < 1.29 is 23.8 Å². The third kappa shape index (κ3) is 5.40. The first kappa shape index (κ1) is 28.7. The Labute approximate surface area is 253 Å².